The molecule has 10 heteroatoms. The highest BCUT2D eigenvalue weighted by molar-refractivity contribution is 5.95. The standard InChI is InChI=1S/C34H33FN4O5/c1-19-14-21(12-13-37-19)25-11-6-22(15-27(25)44-24-9-10-24)31(40)38-17-34(3,42)28-16-26-30(43-18-33(26,2)32(36)41)29(39-28)20-4-7-23(35)8-5-20/h4-8,11-16,24,42H,9-10,17-18H2,1-3H3,(H2,36,41)(H,38,40)/t33-,34-/m0/s1. The zero-order chi connectivity index (χ0) is 31.2. The SMILES string of the molecule is Cc1cc(-c2ccc(C(=O)NC[C@](C)(O)c3cc4c(c(-c5ccc(F)cc5)n3)OC[C@]4(C)C(N)=O)cc2OC2CC2)ccn1. The van der Waals surface area contributed by atoms with Crippen molar-refractivity contribution in [3.63, 3.8) is 0 Å². The maximum absolute atomic E-state index is 13.7. The second-order valence-corrected chi connectivity index (χ2v) is 11.9. The van der Waals surface area contributed by atoms with E-state index in [1.54, 1.807) is 43.5 Å². The van der Waals surface area contributed by atoms with Crippen LogP contribution in [-0.2, 0) is 15.8 Å². The number of carbonyl (C=O) groups excluding carboxylic acids is 2. The van der Waals surface area contributed by atoms with Crippen LogP contribution in [0.2, 0.25) is 0 Å². The maximum Gasteiger partial charge on any atom is 0.251 e. The molecule has 2 aliphatic rings. The molecule has 226 valence electrons. The van der Waals surface area contributed by atoms with Crippen molar-refractivity contribution in [2.75, 3.05) is 13.2 Å². The fourth-order valence-corrected chi connectivity index (χ4v) is 5.19. The molecule has 2 amide bonds. The predicted molar refractivity (Wildman–Crippen MR) is 162 cm³/mol. The van der Waals surface area contributed by atoms with Crippen LogP contribution in [-0.4, -0.2) is 46.1 Å². The number of benzene rings is 2. The molecule has 1 saturated carbocycles. The van der Waals surface area contributed by atoms with E-state index in [4.69, 9.17) is 15.2 Å². The van der Waals surface area contributed by atoms with Crippen molar-refractivity contribution in [1.29, 1.82) is 0 Å². The maximum atomic E-state index is 13.7. The van der Waals surface area contributed by atoms with Gasteiger partial charge in [0.05, 0.1) is 18.3 Å². The van der Waals surface area contributed by atoms with Crippen LogP contribution in [0.4, 0.5) is 4.39 Å². The van der Waals surface area contributed by atoms with Crippen molar-refractivity contribution in [1.82, 2.24) is 15.3 Å². The summed E-state index contributed by atoms with van der Waals surface area (Å²) in [6.45, 7) is 4.89. The Balaban J connectivity index is 1.29. The van der Waals surface area contributed by atoms with Crippen molar-refractivity contribution in [3.8, 4) is 33.9 Å². The van der Waals surface area contributed by atoms with Gasteiger partial charge in [-0.15, -0.1) is 0 Å². The molecule has 0 saturated heterocycles. The Morgan fingerprint density at radius 2 is 1.89 bits per heavy atom. The number of hydrogen-bond acceptors (Lipinski definition) is 7. The molecule has 4 N–H and O–H groups in total. The Labute approximate surface area is 254 Å². The molecule has 6 rings (SSSR count). The summed E-state index contributed by atoms with van der Waals surface area (Å²) in [7, 11) is 0. The topological polar surface area (TPSA) is 137 Å². The van der Waals surface area contributed by atoms with Gasteiger partial charge >= 0.3 is 0 Å². The number of ether oxygens (including phenoxy) is 2. The van der Waals surface area contributed by atoms with Crippen molar-refractivity contribution in [2.24, 2.45) is 5.73 Å². The lowest BCUT2D eigenvalue weighted by atomic mass is 9.82. The number of nitrogens with two attached hydrogens (primary N) is 1. The molecule has 44 heavy (non-hydrogen) atoms. The van der Waals surface area contributed by atoms with E-state index in [1.165, 1.54) is 19.1 Å². The minimum absolute atomic E-state index is 0.00378. The number of aliphatic hydroxyl groups is 1. The van der Waals surface area contributed by atoms with Gasteiger partial charge in [-0.05, 0) is 99.8 Å². The number of halogens is 1. The van der Waals surface area contributed by atoms with Crippen LogP contribution < -0.4 is 20.5 Å². The van der Waals surface area contributed by atoms with E-state index >= 15 is 0 Å². The summed E-state index contributed by atoms with van der Waals surface area (Å²) in [5.74, 6) is -0.481. The van der Waals surface area contributed by atoms with Gasteiger partial charge in [0.25, 0.3) is 5.91 Å². The van der Waals surface area contributed by atoms with E-state index in [9.17, 15) is 19.1 Å². The Morgan fingerprint density at radius 1 is 1.14 bits per heavy atom. The number of rotatable bonds is 9. The number of carbonyl (C=O) groups is 2. The van der Waals surface area contributed by atoms with Crippen molar-refractivity contribution in [2.45, 2.75) is 50.7 Å². The zero-order valence-electron chi connectivity index (χ0n) is 24.7. The number of pyridine rings is 2. The van der Waals surface area contributed by atoms with E-state index in [0.29, 0.717) is 33.9 Å². The molecule has 0 bridgehead atoms. The third-order valence-electron chi connectivity index (χ3n) is 8.15. The van der Waals surface area contributed by atoms with Crippen LogP contribution in [0, 0.1) is 12.7 Å². The summed E-state index contributed by atoms with van der Waals surface area (Å²) >= 11 is 0. The summed E-state index contributed by atoms with van der Waals surface area (Å²) in [6, 6.07) is 16.4. The first kappa shape index (κ1) is 29.3. The number of primary amides is 1. The van der Waals surface area contributed by atoms with Crippen LogP contribution in [0.15, 0.2) is 66.9 Å². The van der Waals surface area contributed by atoms with Crippen LogP contribution in [0.1, 0.15) is 54.0 Å². The summed E-state index contributed by atoms with van der Waals surface area (Å²) in [5, 5.41) is 14.4. The Hall–Kier alpha value is -4.83. The van der Waals surface area contributed by atoms with Gasteiger partial charge in [0, 0.05) is 34.1 Å². The van der Waals surface area contributed by atoms with Crippen LogP contribution in [0.3, 0.4) is 0 Å². The highest BCUT2D eigenvalue weighted by Crippen LogP contribution is 2.45. The van der Waals surface area contributed by atoms with E-state index in [0.717, 1.165) is 29.7 Å². The fraction of sp³-hybridized carbons (Fsp3) is 0.294. The van der Waals surface area contributed by atoms with Crippen molar-refractivity contribution in [3.05, 3.63) is 95.2 Å². The number of hydrogen-bond donors (Lipinski definition) is 3. The minimum atomic E-state index is -1.66. The van der Waals surface area contributed by atoms with Gasteiger partial charge in [-0.2, -0.15) is 0 Å². The number of amides is 2. The molecule has 2 aromatic carbocycles. The average molecular weight is 597 g/mol. The molecule has 2 atom stereocenters. The number of aryl methyl sites for hydroxylation is 1. The first-order valence-corrected chi connectivity index (χ1v) is 14.4. The highest BCUT2D eigenvalue weighted by Gasteiger charge is 2.45. The predicted octanol–water partition coefficient (Wildman–Crippen LogP) is 4.57. The first-order chi connectivity index (χ1) is 20.9. The van der Waals surface area contributed by atoms with Gasteiger partial charge in [0.2, 0.25) is 5.91 Å². The molecule has 0 spiro atoms. The van der Waals surface area contributed by atoms with Gasteiger partial charge in [0.1, 0.15) is 40.6 Å². The third kappa shape index (κ3) is 5.60. The number of aromatic nitrogens is 2. The van der Waals surface area contributed by atoms with E-state index in [1.807, 2.05) is 25.1 Å². The lowest BCUT2D eigenvalue weighted by Gasteiger charge is -2.26. The van der Waals surface area contributed by atoms with E-state index in [2.05, 4.69) is 15.3 Å². The molecular weight excluding hydrogens is 563 g/mol. The van der Waals surface area contributed by atoms with E-state index in [-0.39, 0.29) is 24.9 Å². The molecule has 1 fully saturated rings. The Morgan fingerprint density at radius 3 is 2.57 bits per heavy atom. The summed E-state index contributed by atoms with van der Waals surface area (Å²) in [4.78, 5) is 34.8. The second kappa shape index (κ2) is 11.0. The molecular formula is C34H33FN4O5. The fourth-order valence-electron chi connectivity index (χ4n) is 5.19. The quantitative estimate of drug-likeness (QED) is 0.257. The normalized spacial score (nSPS) is 18.6. The summed E-state index contributed by atoms with van der Waals surface area (Å²) < 4.78 is 25.8. The molecule has 9 nitrogen and oxygen atoms in total. The van der Waals surface area contributed by atoms with Gasteiger partial charge in [-0.3, -0.25) is 14.6 Å². The largest absolute Gasteiger partial charge is 0.490 e. The molecule has 0 radical (unpaired) electrons. The van der Waals surface area contributed by atoms with Gasteiger partial charge in [-0.1, -0.05) is 0 Å². The Bertz CT molecular complexity index is 1770. The Kier molecular flexibility index (Phi) is 7.33. The van der Waals surface area contributed by atoms with Crippen molar-refractivity contribution < 1.29 is 28.6 Å². The van der Waals surface area contributed by atoms with Gasteiger partial charge in [0.15, 0.2) is 0 Å². The van der Waals surface area contributed by atoms with Gasteiger partial charge in [-0.25, -0.2) is 9.37 Å². The van der Waals surface area contributed by atoms with E-state index < -0.39 is 28.6 Å². The number of fused-ring (bicyclic) bond motifs is 1. The monoisotopic (exact) mass is 596 g/mol. The lowest BCUT2D eigenvalue weighted by Crippen LogP contribution is -2.41. The highest BCUT2D eigenvalue weighted by atomic mass is 19.1. The summed E-state index contributed by atoms with van der Waals surface area (Å²) in [5.41, 5.74) is 7.48. The lowest BCUT2D eigenvalue weighted by molar-refractivity contribution is -0.123. The third-order valence-corrected chi connectivity index (χ3v) is 8.15. The molecule has 4 aromatic rings. The molecule has 3 heterocycles. The molecule has 1 aliphatic heterocycles. The minimum Gasteiger partial charge on any atom is -0.490 e. The second-order valence-electron chi connectivity index (χ2n) is 11.9. The molecule has 0 unspecified atom stereocenters. The zero-order valence-corrected chi connectivity index (χ0v) is 24.7. The smallest absolute Gasteiger partial charge is 0.251 e. The number of nitrogens with zero attached hydrogens (tertiary/aromatic N) is 2. The average Bonchev–Trinajstić information content (AvgIpc) is 3.75. The first-order valence-electron chi connectivity index (χ1n) is 14.4. The molecule has 2 aromatic heterocycles. The summed E-state index contributed by atoms with van der Waals surface area (Å²) in [6.07, 6.45) is 3.77. The van der Waals surface area contributed by atoms with Crippen molar-refractivity contribution >= 4 is 11.8 Å². The van der Waals surface area contributed by atoms with Crippen LogP contribution in [0.5, 0.6) is 11.5 Å². The van der Waals surface area contributed by atoms with Gasteiger partial charge < -0.3 is 25.6 Å². The molecule has 1 aliphatic carbocycles. The van der Waals surface area contributed by atoms with Crippen LogP contribution >= 0.6 is 0 Å². The van der Waals surface area contributed by atoms with Crippen LogP contribution in [0.25, 0.3) is 22.4 Å². The number of nitrogens with one attached hydrogen (secondary N) is 1.